The number of nitrogens with zero attached hydrogens (tertiary/aromatic N) is 2. The first-order chi connectivity index (χ1) is 21.6. The summed E-state index contributed by atoms with van der Waals surface area (Å²) in [5.74, 6) is -2.38. The van der Waals surface area contributed by atoms with Gasteiger partial charge in [-0.3, -0.25) is 0 Å². The second-order valence-corrected chi connectivity index (χ2v) is 18.2. The highest BCUT2D eigenvalue weighted by molar-refractivity contribution is 7.89. The maximum atomic E-state index is 16.0. The fourth-order valence-electron chi connectivity index (χ4n) is 9.78. The fourth-order valence-corrected chi connectivity index (χ4v) is 10.7. The van der Waals surface area contributed by atoms with Gasteiger partial charge in [-0.15, -0.1) is 4.91 Å². The first kappa shape index (κ1) is 34.9. The summed E-state index contributed by atoms with van der Waals surface area (Å²) in [7, 11) is -0.924. The molecule has 262 valence electrons. The number of sulfonamides is 1. The monoisotopic (exact) mass is 686 g/mol. The number of allylic oxidation sites excluding steroid dienone is 1. The van der Waals surface area contributed by atoms with E-state index in [4.69, 9.17) is 9.47 Å². The van der Waals surface area contributed by atoms with Crippen molar-refractivity contribution in [3.8, 4) is 0 Å². The molecule has 1 heterocycles. The zero-order valence-corrected chi connectivity index (χ0v) is 28.7. The van der Waals surface area contributed by atoms with Gasteiger partial charge in [0.05, 0.1) is 18.1 Å². The third kappa shape index (κ3) is 4.99. The zero-order chi connectivity index (χ0) is 34.6. The van der Waals surface area contributed by atoms with Crippen molar-refractivity contribution in [1.82, 2.24) is 4.31 Å². The quantitative estimate of drug-likeness (QED) is 0.203. The summed E-state index contributed by atoms with van der Waals surface area (Å²) < 4.78 is 98.3. The van der Waals surface area contributed by atoms with Crippen LogP contribution in [-0.4, -0.2) is 73.9 Å². The van der Waals surface area contributed by atoms with E-state index in [1.807, 2.05) is 13.8 Å². The summed E-state index contributed by atoms with van der Waals surface area (Å²) in [6, 6.07) is 6.22. The van der Waals surface area contributed by atoms with E-state index in [9.17, 15) is 31.6 Å². The Labute approximate surface area is 274 Å². The molecular weight excluding hydrogens is 640 g/mol. The summed E-state index contributed by atoms with van der Waals surface area (Å²) in [6.45, 7) is 7.02. The molecule has 1 aliphatic heterocycles. The predicted molar refractivity (Wildman–Crippen MR) is 167 cm³/mol. The van der Waals surface area contributed by atoms with Crippen molar-refractivity contribution in [2.45, 2.75) is 119 Å². The van der Waals surface area contributed by atoms with Gasteiger partial charge in [0.2, 0.25) is 15.7 Å². The van der Waals surface area contributed by atoms with Crippen LogP contribution < -0.4 is 0 Å². The van der Waals surface area contributed by atoms with Crippen LogP contribution in [0.5, 0.6) is 0 Å². The summed E-state index contributed by atoms with van der Waals surface area (Å²) in [6.07, 6.45) is -3.59. The number of fused-ring (bicyclic) bond motifs is 4. The van der Waals surface area contributed by atoms with Gasteiger partial charge < -0.3 is 14.6 Å². The third-order valence-electron chi connectivity index (χ3n) is 12.6. The first-order valence-electron chi connectivity index (χ1n) is 16.5. The molecule has 0 aromatic heterocycles. The minimum absolute atomic E-state index is 0.0138. The standard InChI is InChI=1S/C34H46F4N2O6S/c1-28(2)19-45-32(46-20-28)15-12-26-27-23(11-14-31(26,18-32)39-42)25-13-16-33(41,30(4,35)34(36,37)38)29(25,3)17-24(27)21-7-9-22(10-8-21)47(43,44)40(5)6/h7-10,23-25,41H,11-20H2,1-6H3/t23?,24-,25?,29?,30-,31-,33+/m1/s1. The number of rotatable bonds is 5. The van der Waals surface area contributed by atoms with Crippen molar-refractivity contribution in [3.63, 3.8) is 0 Å². The second-order valence-electron chi connectivity index (χ2n) is 16.1. The van der Waals surface area contributed by atoms with E-state index >= 15 is 4.39 Å². The third-order valence-corrected chi connectivity index (χ3v) is 14.4. The topological polar surface area (TPSA) is 106 Å². The van der Waals surface area contributed by atoms with Crippen molar-refractivity contribution in [1.29, 1.82) is 0 Å². The lowest BCUT2D eigenvalue weighted by Crippen LogP contribution is -2.66. The molecule has 5 aliphatic rings. The molecule has 7 atom stereocenters. The summed E-state index contributed by atoms with van der Waals surface area (Å²) in [5, 5.41) is 15.7. The Morgan fingerprint density at radius 2 is 1.60 bits per heavy atom. The van der Waals surface area contributed by atoms with Crippen molar-refractivity contribution < 1.29 is 40.6 Å². The lowest BCUT2D eigenvalue weighted by Gasteiger charge is -2.59. The van der Waals surface area contributed by atoms with Crippen LogP contribution in [0.25, 0.3) is 0 Å². The molecule has 3 unspecified atom stereocenters. The van der Waals surface area contributed by atoms with Crippen LogP contribution in [0.3, 0.4) is 0 Å². The smallest absolute Gasteiger partial charge is 0.386 e. The summed E-state index contributed by atoms with van der Waals surface area (Å²) in [4.78, 5) is 13.0. The Hall–Kier alpha value is -1.93. The van der Waals surface area contributed by atoms with Crippen LogP contribution in [-0.2, 0) is 19.5 Å². The van der Waals surface area contributed by atoms with Crippen LogP contribution in [0, 0.1) is 27.6 Å². The van der Waals surface area contributed by atoms with Crippen LogP contribution >= 0.6 is 0 Å². The Balaban J connectivity index is 1.49. The molecule has 1 N–H and O–H groups in total. The summed E-state index contributed by atoms with van der Waals surface area (Å²) >= 11 is 0. The van der Waals surface area contributed by atoms with Gasteiger partial charge in [0.1, 0.15) is 11.1 Å². The lowest BCUT2D eigenvalue weighted by atomic mass is 9.48. The van der Waals surface area contributed by atoms with Crippen LogP contribution in [0.1, 0.15) is 90.5 Å². The average molecular weight is 687 g/mol. The molecule has 8 nitrogen and oxygen atoms in total. The Bertz CT molecular complexity index is 1570. The second kappa shape index (κ2) is 10.8. The van der Waals surface area contributed by atoms with Gasteiger partial charge in [0.25, 0.3) is 0 Å². The zero-order valence-electron chi connectivity index (χ0n) is 27.9. The van der Waals surface area contributed by atoms with Crippen molar-refractivity contribution in [2.24, 2.45) is 27.8 Å². The number of hydrogen-bond donors (Lipinski definition) is 1. The molecule has 6 rings (SSSR count). The van der Waals surface area contributed by atoms with Crippen LogP contribution in [0.15, 0.2) is 45.5 Å². The van der Waals surface area contributed by atoms with Crippen molar-refractivity contribution in [3.05, 3.63) is 45.9 Å². The molecule has 1 aromatic carbocycles. The minimum atomic E-state index is -5.30. The Morgan fingerprint density at radius 1 is 0.979 bits per heavy atom. The normalized spacial score (nSPS) is 38.0. The van der Waals surface area contributed by atoms with Crippen molar-refractivity contribution >= 4 is 10.0 Å². The summed E-state index contributed by atoms with van der Waals surface area (Å²) in [5.41, 5.74) is -7.02. The lowest BCUT2D eigenvalue weighted by molar-refractivity contribution is -0.313. The predicted octanol–water partition coefficient (Wildman–Crippen LogP) is 7.03. The molecule has 4 aliphatic carbocycles. The van der Waals surface area contributed by atoms with E-state index in [-0.39, 0.29) is 41.9 Å². The molecule has 1 saturated heterocycles. The van der Waals surface area contributed by atoms with Gasteiger partial charge in [-0.05, 0) is 80.6 Å². The maximum Gasteiger partial charge on any atom is 0.425 e. The van der Waals surface area contributed by atoms with Crippen LogP contribution in [0.4, 0.5) is 17.6 Å². The SMILES string of the molecule is CN(C)S(=O)(=O)c1ccc([C@H]2CC3(C)C(CC[C@@]3(O)[C@@](C)(F)C(F)(F)F)C3CC[C@@]4(N=O)CC5(CCC4=C32)OCC(C)(C)CO5)cc1. The van der Waals surface area contributed by atoms with Gasteiger partial charge in [0, 0.05) is 43.7 Å². The highest BCUT2D eigenvalue weighted by Gasteiger charge is 2.76. The molecular formula is C34H46F4N2O6S. The van der Waals surface area contributed by atoms with Gasteiger partial charge in [-0.25, -0.2) is 17.1 Å². The number of ether oxygens (including phenoxy) is 2. The average Bonchev–Trinajstić information content (AvgIpc) is 3.29. The molecule has 47 heavy (non-hydrogen) atoms. The van der Waals surface area contributed by atoms with E-state index in [2.05, 4.69) is 5.18 Å². The number of nitroso groups, excluding NO2 is 1. The number of aliphatic hydroxyl groups is 1. The largest absolute Gasteiger partial charge is 0.425 e. The molecule has 3 saturated carbocycles. The van der Waals surface area contributed by atoms with Gasteiger partial charge in [-0.2, -0.15) is 13.2 Å². The first-order valence-corrected chi connectivity index (χ1v) is 17.9. The molecule has 0 amide bonds. The highest BCUT2D eigenvalue weighted by Crippen LogP contribution is 2.71. The Morgan fingerprint density at radius 3 is 2.15 bits per heavy atom. The molecule has 0 radical (unpaired) electrons. The maximum absolute atomic E-state index is 16.0. The number of benzene rings is 1. The van der Waals surface area contributed by atoms with Gasteiger partial charge >= 0.3 is 6.18 Å². The van der Waals surface area contributed by atoms with Gasteiger partial charge in [0.15, 0.2) is 5.79 Å². The van der Waals surface area contributed by atoms with E-state index < -0.39 is 56.0 Å². The number of alkyl halides is 4. The van der Waals surface area contributed by atoms with E-state index in [1.54, 1.807) is 19.1 Å². The van der Waals surface area contributed by atoms with E-state index in [0.29, 0.717) is 51.4 Å². The van der Waals surface area contributed by atoms with E-state index in [1.165, 1.54) is 26.2 Å². The highest BCUT2D eigenvalue weighted by atomic mass is 32.2. The van der Waals surface area contributed by atoms with Gasteiger partial charge in [-0.1, -0.05) is 43.7 Å². The number of hydrogen-bond acceptors (Lipinski definition) is 7. The molecule has 1 aromatic rings. The Kier molecular flexibility index (Phi) is 8.01. The number of halogens is 4. The van der Waals surface area contributed by atoms with E-state index in [0.717, 1.165) is 15.5 Å². The van der Waals surface area contributed by atoms with Crippen molar-refractivity contribution in [2.75, 3.05) is 27.3 Å². The molecule has 4 fully saturated rings. The van der Waals surface area contributed by atoms with Crippen LogP contribution in [0.2, 0.25) is 0 Å². The molecule has 1 spiro atoms. The fraction of sp³-hybridized carbons (Fsp3) is 0.765. The molecule has 0 bridgehead atoms. The minimum Gasteiger partial charge on any atom is -0.386 e. The molecule has 13 heteroatoms.